The van der Waals surface area contributed by atoms with Gasteiger partial charge in [0.25, 0.3) is 0 Å². The Bertz CT molecular complexity index is 334. The molecule has 0 aliphatic rings. The van der Waals surface area contributed by atoms with Gasteiger partial charge in [0.2, 0.25) is 0 Å². The quantitative estimate of drug-likeness (QED) is 0.361. The second-order valence-corrected chi connectivity index (χ2v) is 4.95. The van der Waals surface area contributed by atoms with E-state index in [0.717, 1.165) is 13.8 Å². The number of carbonyl (C=O) groups is 2. The average molecular weight is 338 g/mol. The zero-order valence-corrected chi connectivity index (χ0v) is 17.6. The molecule has 0 heterocycles. The zero-order chi connectivity index (χ0) is 12.3. The van der Waals surface area contributed by atoms with Crippen LogP contribution < -0.4 is 113 Å². The number of rotatable bonds is 4. The number of phosphoric ester groups is 2. The molecule has 0 fully saturated rings. The van der Waals surface area contributed by atoms with Gasteiger partial charge in [-0.25, -0.2) is 4.31 Å². The van der Waals surface area contributed by atoms with E-state index >= 15 is 0 Å². The van der Waals surface area contributed by atoms with Crippen molar-refractivity contribution >= 4 is 27.6 Å². The van der Waals surface area contributed by atoms with E-state index in [0.29, 0.717) is 0 Å². The molecule has 0 aromatic carbocycles. The summed E-state index contributed by atoms with van der Waals surface area (Å²) in [6.07, 6.45) is 0. The molecule has 0 aromatic heterocycles. The monoisotopic (exact) mass is 338 g/mol. The Hall–Kier alpha value is 2.55. The van der Waals surface area contributed by atoms with Crippen LogP contribution in [-0.4, -0.2) is 11.9 Å². The molecular weight excluding hydrogens is 332 g/mol. The van der Waals surface area contributed by atoms with Crippen LogP contribution in [0.1, 0.15) is 13.8 Å². The molecule has 0 radical (unpaired) electrons. The SMILES string of the molecule is CC(=O)OP(=O)([O-])OP(=O)([O-])OC(C)=O.[K+].[K+]. The van der Waals surface area contributed by atoms with E-state index in [1.165, 1.54) is 0 Å². The van der Waals surface area contributed by atoms with Crippen molar-refractivity contribution in [2.75, 3.05) is 0 Å². The molecule has 0 spiro atoms. The number of hydrogen-bond acceptors (Lipinski definition) is 9. The summed E-state index contributed by atoms with van der Waals surface area (Å²) >= 11 is 0. The van der Waals surface area contributed by atoms with Gasteiger partial charge in [0.05, 0.1) is 0 Å². The fourth-order valence-electron chi connectivity index (χ4n) is 0.471. The van der Waals surface area contributed by atoms with Gasteiger partial charge in [-0.1, -0.05) is 0 Å². The summed E-state index contributed by atoms with van der Waals surface area (Å²) < 4.78 is 31.7. The summed E-state index contributed by atoms with van der Waals surface area (Å²) in [5, 5.41) is 0. The van der Waals surface area contributed by atoms with Crippen LogP contribution in [0.25, 0.3) is 0 Å². The molecule has 13 heteroatoms. The van der Waals surface area contributed by atoms with Gasteiger partial charge in [-0.05, 0) is 0 Å². The smallest absolute Gasteiger partial charge is 0.746 e. The first-order chi connectivity index (χ1) is 6.54. The van der Waals surface area contributed by atoms with Gasteiger partial charge < -0.3 is 18.8 Å². The van der Waals surface area contributed by atoms with Crippen LogP contribution >= 0.6 is 15.6 Å². The summed E-state index contributed by atoms with van der Waals surface area (Å²) in [6.45, 7) is 1.44. The Morgan fingerprint density at radius 2 is 1.12 bits per heavy atom. The topological polar surface area (TPSA) is 142 Å². The van der Waals surface area contributed by atoms with Gasteiger partial charge in [-0.3, -0.25) is 18.7 Å². The molecule has 88 valence electrons. The Labute approximate surface area is 182 Å². The first-order valence-electron chi connectivity index (χ1n) is 3.28. The Kier molecular flexibility index (Phi) is 14.9. The van der Waals surface area contributed by atoms with Crippen molar-refractivity contribution in [1.82, 2.24) is 0 Å². The third-order valence-electron chi connectivity index (χ3n) is 0.681. The average Bonchev–Trinajstić information content (AvgIpc) is 1.73. The number of carbonyl (C=O) groups excluding carboxylic acids is 2. The minimum atomic E-state index is -5.38. The second-order valence-electron chi connectivity index (χ2n) is 2.14. The molecule has 9 nitrogen and oxygen atoms in total. The van der Waals surface area contributed by atoms with E-state index in [1.54, 1.807) is 0 Å². The molecular formula is C4H6K2O9P2. The van der Waals surface area contributed by atoms with E-state index in [-0.39, 0.29) is 103 Å². The van der Waals surface area contributed by atoms with Gasteiger partial charge in [-0.15, -0.1) is 0 Å². The van der Waals surface area contributed by atoms with Gasteiger partial charge in [0.1, 0.15) is 0 Å². The van der Waals surface area contributed by atoms with E-state index in [1.807, 2.05) is 0 Å². The van der Waals surface area contributed by atoms with E-state index in [2.05, 4.69) is 13.4 Å². The predicted octanol–water partition coefficient (Wildman–Crippen LogP) is -6.93. The van der Waals surface area contributed by atoms with E-state index < -0.39 is 27.6 Å². The minimum absolute atomic E-state index is 0. The molecule has 0 N–H and O–H groups in total. The molecule has 0 aliphatic heterocycles. The van der Waals surface area contributed by atoms with Gasteiger partial charge in [-0.2, -0.15) is 0 Å². The summed E-state index contributed by atoms with van der Waals surface area (Å²) in [7, 11) is -10.8. The number of hydrogen-bond donors (Lipinski definition) is 0. The molecule has 0 bridgehead atoms. The van der Waals surface area contributed by atoms with Crippen molar-refractivity contribution in [1.29, 1.82) is 0 Å². The standard InChI is InChI=1S/C4H8O9P2.2K/c1-3(5)11-14(7,8)13-15(9,10)12-4(2)6;;/h1-2H3,(H,7,8)(H,9,10);;/q;2*+1/p-2. The maximum Gasteiger partial charge on any atom is 1.00 e. The maximum atomic E-state index is 10.6. The van der Waals surface area contributed by atoms with Gasteiger partial charge in [0.15, 0.2) is 0 Å². The third-order valence-corrected chi connectivity index (χ3v) is 3.24. The minimum Gasteiger partial charge on any atom is -0.746 e. The summed E-state index contributed by atoms with van der Waals surface area (Å²) in [5.74, 6) is -2.59. The number of phosphoric acid groups is 2. The van der Waals surface area contributed by atoms with E-state index in [4.69, 9.17) is 0 Å². The summed E-state index contributed by atoms with van der Waals surface area (Å²) in [4.78, 5) is 41.7. The molecule has 0 rings (SSSR count). The summed E-state index contributed by atoms with van der Waals surface area (Å²) in [6, 6.07) is 0. The molecule has 0 saturated heterocycles. The van der Waals surface area contributed by atoms with Crippen LogP contribution in [0.4, 0.5) is 0 Å². The normalized spacial score (nSPS) is 16.2. The first-order valence-corrected chi connectivity index (χ1v) is 6.20. The molecule has 0 amide bonds. The van der Waals surface area contributed by atoms with Crippen LogP contribution in [0.5, 0.6) is 0 Å². The van der Waals surface area contributed by atoms with Crippen LogP contribution in [0.15, 0.2) is 0 Å². The maximum absolute atomic E-state index is 10.6. The van der Waals surface area contributed by atoms with Gasteiger partial charge in [0, 0.05) is 13.8 Å². The van der Waals surface area contributed by atoms with Crippen molar-refractivity contribution in [2.24, 2.45) is 0 Å². The molecule has 17 heavy (non-hydrogen) atoms. The fourth-order valence-corrected chi connectivity index (χ4v) is 2.35. The Balaban J connectivity index is -0.000000980. The predicted molar refractivity (Wildman–Crippen MR) is 39.8 cm³/mol. The van der Waals surface area contributed by atoms with Crippen molar-refractivity contribution in [3.05, 3.63) is 0 Å². The third kappa shape index (κ3) is 14.8. The van der Waals surface area contributed by atoms with E-state index in [9.17, 15) is 28.5 Å². The van der Waals surface area contributed by atoms with Crippen molar-refractivity contribution in [2.45, 2.75) is 13.8 Å². The van der Waals surface area contributed by atoms with Crippen LogP contribution in [0.3, 0.4) is 0 Å². The largest absolute Gasteiger partial charge is 1.00 e. The molecule has 0 saturated carbocycles. The van der Waals surface area contributed by atoms with Crippen molar-refractivity contribution in [3.8, 4) is 0 Å². The first kappa shape index (κ1) is 24.6. The second kappa shape index (κ2) is 10.3. The van der Waals surface area contributed by atoms with Gasteiger partial charge >= 0.3 is 130 Å². The van der Waals surface area contributed by atoms with Crippen molar-refractivity contribution in [3.63, 3.8) is 0 Å². The van der Waals surface area contributed by atoms with Crippen molar-refractivity contribution < 1.29 is 145 Å². The zero-order valence-electron chi connectivity index (χ0n) is 9.57. The Morgan fingerprint density at radius 1 is 0.882 bits per heavy atom. The molecule has 0 aliphatic carbocycles. The molecule has 2 atom stereocenters. The molecule has 0 aromatic rings. The van der Waals surface area contributed by atoms with Crippen LogP contribution in [-0.2, 0) is 32.1 Å². The summed E-state index contributed by atoms with van der Waals surface area (Å²) in [5.41, 5.74) is 0. The van der Waals surface area contributed by atoms with Crippen LogP contribution in [0.2, 0.25) is 0 Å². The van der Waals surface area contributed by atoms with Crippen LogP contribution in [0, 0.1) is 0 Å². The fraction of sp³-hybridized carbons (Fsp3) is 0.500. The Morgan fingerprint density at radius 3 is 1.29 bits per heavy atom. The molecule has 2 unspecified atom stereocenters.